The first-order valence-corrected chi connectivity index (χ1v) is 9.83. The van der Waals surface area contributed by atoms with Crippen molar-refractivity contribution in [3.63, 3.8) is 0 Å². The van der Waals surface area contributed by atoms with Gasteiger partial charge in [-0.25, -0.2) is 0 Å². The Hall–Kier alpha value is -3.32. The summed E-state index contributed by atoms with van der Waals surface area (Å²) in [6.07, 6.45) is 0. The zero-order valence-electron chi connectivity index (χ0n) is 16.5. The van der Waals surface area contributed by atoms with Crippen LogP contribution in [-0.4, -0.2) is 33.1 Å². The topological polar surface area (TPSA) is 67.9 Å². The molecule has 3 rings (SSSR count). The van der Waals surface area contributed by atoms with Crippen molar-refractivity contribution in [1.29, 1.82) is 0 Å². The molecule has 150 valence electrons. The standard InChI is InChI=1S/C22H22N2O4S/c1-24(22(26)19-12-7-13-29-19)17-10-5-4-9-16(17)21(25)23-14-15-8-6-11-18(27-2)20(15)28-3/h4-13H,14H2,1-3H3,(H,23,25). The molecule has 6 nitrogen and oxygen atoms in total. The highest BCUT2D eigenvalue weighted by atomic mass is 32.1. The number of para-hydroxylation sites is 2. The van der Waals surface area contributed by atoms with Gasteiger partial charge >= 0.3 is 0 Å². The molecule has 0 spiro atoms. The Kier molecular flexibility index (Phi) is 6.51. The predicted molar refractivity (Wildman–Crippen MR) is 114 cm³/mol. The Labute approximate surface area is 173 Å². The van der Waals surface area contributed by atoms with Gasteiger partial charge in [0.2, 0.25) is 0 Å². The van der Waals surface area contributed by atoms with Gasteiger partial charge in [-0.3, -0.25) is 9.59 Å². The molecule has 2 aromatic carbocycles. The van der Waals surface area contributed by atoms with Crippen LogP contribution >= 0.6 is 11.3 Å². The first-order valence-electron chi connectivity index (χ1n) is 8.95. The van der Waals surface area contributed by atoms with E-state index in [4.69, 9.17) is 9.47 Å². The van der Waals surface area contributed by atoms with Crippen LogP contribution in [-0.2, 0) is 6.54 Å². The smallest absolute Gasteiger partial charge is 0.268 e. The Morgan fingerprint density at radius 3 is 2.48 bits per heavy atom. The van der Waals surface area contributed by atoms with E-state index in [1.54, 1.807) is 57.7 Å². The van der Waals surface area contributed by atoms with E-state index in [0.29, 0.717) is 27.6 Å². The highest BCUT2D eigenvalue weighted by Gasteiger charge is 2.20. The van der Waals surface area contributed by atoms with Crippen LogP contribution in [0.15, 0.2) is 60.0 Å². The summed E-state index contributed by atoms with van der Waals surface area (Å²) >= 11 is 1.37. The van der Waals surface area contributed by atoms with Crippen LogP contribution in [0.4, 0.5) is 5.69 Å². The SMILES string of the molecule is COc1cccc(CNC(=O)c2ccccc2N(C)C(=O)c2cccs2)c1OC. The third kappa shape index (κ3) is 4.41. The second kappa shape index (κ2) is 9.25. The molecule has 1 aromatic heterocycles. The number of methoxy groups -OCH3 is 2. The van der Waals surface area contributed by atoms with Crippen LogP contribution in [0.5, 0.6) is 11.5 Å². The zero-order chi connectivity index (χ0) is 20.8. The molecule has 7 heteroatoms. The monoisotopic (exact) mass is 410 g/mol. The van der Waals surface area contributed by atoms with Crippen molar-refractivity contribution < 1.29 is 19.1 Å². The fourth-order valence-electron chi connectivity index (χ4n) is 3.00. The maximum absolute atomic E-state index is 12.9. The normalized spacial score (nSPS) is 10.3. The number of amides is 2. The molecule has 0 radical (unpaired) electrons. The molecule has 1 heterocycles. The molecule has 0 aliphatic carbocycles. The molecule has 0 atom stereocenters. The van der Waals surface area contributed by atoms with Crippen LogP contribution < -0.4 is 19.7 Å². The number of ether oxygens (including phenoxy) is 2. The second-order valence-corrected chi connectivity index (χ2v) is 7.14. The molecule has 0 fully saturated rings. The first-order chi connectivity index (χ1) is 14.1. The zero-order valence-corrected chi connectivity index (χ0v) is 17.3. The largest absolute Gasteiger partial charge is 0.493 e. The minimum Gasteiger partial charge on any atom is -0.493 e. The Bertz CT molecular complexity index is 1000. The number of nitrogens with one attached hydrogen (secondary N) is 1. The summed E-state index contributed by atoms with van der Waals surface area (Å²) in [4.78, 5) is 27.7. The minimum atomic E-state index is -0.281. The highest BCUT2D eigenvalue weighted by molar-refractivity contribution is 7.12. The maximum Gasteiger partial charge on any atom is 0.268 e. The number of carbonyl (C=O) groups is 2. The molecular weight excluding hydrogens is 388 g/mol. The van der Waals surface area contributed by atoms with Gasteiger partial charge in [-0.1, -0.05) is 30.3 Å². The summed E-state index contributed by atoms with van der Waals surface area (Å²) in [5, 5.41) is 4.75. The van der Waals surface area contributed by atoms with Crippen LogP contribution in [0.1, 0.15) is 25.6 Å². The summed E-state index contributed by atoms with van der Waals surface area (Å²) in [5.41, 5.74) is 1.75. The number of benzene rings is 2. The molecule has 0 saturated carbocycles. The van der Waals surface area contributed by atoms with Crippen molar-refractivity contribution in [3.8, 4) is 11.5 Å². The van der Waals surface area contributed by atoms with Crippen molar-refractivity contribution in [2.45, 2.75) is 6.54 Å². The van der Waals surface area contributed by atoms with Gasteiger partial charge in [-0.05, 0) is 29.6 Å². The van der Waals surface area contributed by atoms with Crippen LogP contribution in [0.25, 0.3) is 0 Å². The van der Waals surface area contributed by atoms with Gasteiger partial charge in [0.1, 0.15) is 0 Å². The second-order valence-electron chi connectivity index (χ2n) is 6.19. The third-order valence-electron chi connectivity index (χ3n) is 4.47. The van der Waals surface area contributed by atoms with Gasteiger partial charge in [0, 0.05) is 19.2 Å². The fraction of sp³-hybridized carbons (Fsp3) is 0.182. The molecule has 2 amide bonds. The summed E-state index contributed by atoms with van der Waals surface area (Å²) in [6, 6.07) is 16.1. The van der Waals surface area contributed by atoms with Crippen LogP contribution in [0, 0.1) is 0 Å². The predicted octanol–water partition coefficient (Wildman–Crippen LogP) is 3.97. The number of nitrogens with zero attached hydrogens (tertiary/aromatic N) is 1. The molecule has 0 aliphatic heterocycles. The van der Waals surface area contributed by atoms with Crippen molar-refractivity contribution in [3.05, 3.63) is 76.0 Å². The van der Waals surface area contributed by atoms with Gasteiger partial charge < -0.3 is 19.7 Å². The Morgan fingerprint density at radius 1 is 1.00 bits per heavy atom. The molecule has 0 bridgehead atoms. The lowest BCUT2D eigenvalue weighted by atomic mass is 10.1. The van der Waals surface area contributed by atoms with E-state index in [1.165, 1.54) is 16.2 Å². The number of thiophene rings is 1. The first kappa shape index (κ1) is 20.4. The molecule has 1 N–H and O–H groups in total. The van der Waals surface area contributed by atoms with Crippen LogP contribution in [0.2, 0.25) is 0 Å². The van der Waals surface area contributed by atoms with Crippen molar-refractivity contribution in [2.24, 2.45) is 0 Å². The fourth-order valence-corrected chi connectivity index (χ4v) is 3.70. The number of anilines is 1. The van der Waals surface area contributed by atoms with E-state index in [0.717, 1.165) is 5.56 Å². The Morgan fingerprint density at radius 2 is 1.79 bits per heavy atom. The third-order valence-corrected chi connectivity index (χ3v) is 5.33. The molecular formula is C22H22N2O4S. The Balaban J connectivity index is 1.80. The van der Waals surface area contributed by atoms with E-state index in [9.17, 15) is 9.59 Å². The lowest BCUT2D eigenvalue weighted by molar-refractivity contribution is 0.0951. The van der Waals surface area contributed by atoms with E-state index >= 15 is 0 Å². The highest BCUT2D eigenvalue weighted by Crippen LogP contribution is 2.30. The van der Waals surface area contributed by atoms with Gasteiger partial charge in [-0.15, -0.1) is 11.3 Å². The summed E-state index contributed by atoms with van der Waals surface area (Å²) in [6.45, 7) is 0.260. The van der Waals surface area contributed by atoms with Gasteiger partial charge in [0.15, 0.2) is 11.5 Å². The minimum absolute atomic E-state index is 0.158. The van der Waals surface area contributed by atoms with Crippen molar-refractivity contribution in [1.82, 2.24) is 5.32 Å². The molecule has 0 unspecified atom stereocenters. The lowest BCUT2D eigenvalue weighted by Gasteiger charge is -2.20. The van der Waals surface area contributed by atoms with E-state index < -0.39 is 0 Å². The average molecular weight is 410 g/mol. The summed E-state index contributed by atoms with van der Waals surface area (Å²) < 4.78 is 10.7. The summed E-state index contributed by atoms with van der Waals surface area (Å²) in [7, 11) is 4.79. The molecule has 3 aromatic rings. The summed E-state index contributed by atoms with van der Waals surface area (Å²) in [5.74, 6) is 0.737. The van der Waals surface area contributed by atoms with Gasteiger partial charge in [0.05, 0.1) is 30.3 Å². The maximum atomic E-state index is 12.9. The quantitative estimate of drug-likeness (QED) is 0.640. The van der Waals surface area contributed by atoms with E-state index in [1.807, 2.05) is 23.6 Å². The number of rotatable bonds is 7. The van der Waals surface area contributed by atoms with Crippen LogP contribution in [0.3, 0.4) is 0 Å². The molecule has 0 aliphatic rings. The lowest BCUT2D eigenvalue weighted by Crippen LogP contribution is -2.30. The van der Waals surface area contributed by atoms with Gasteiger partial charge in [0.25, 0.3) is 11.8 Å². The number of carbonyl (C=O) groups excluding carboxylic acids is 2. The van der Waals surface area contributed by atoms with E-state index in [-0.39, 0.29) is 18.4 Å². The number of hydrogen-bond acceptors (Lipinski definition) is 5. The molecule has 29 heavy (non-hydrogen) atoms. The van der Waals surface area contributed by atoms with Gasteiger partial charge in [-0.2, -0.15) is 0 Å². The number of hydrogen-bond donors (Lipinski definition) is 1. The average Bonchev–Trinajstić information content (AvgIpc) is 3.30. The van der Waals surface area contributed by atoms with Crippen molar-refractivity contribution >= 4 is 28.8 Å². The molecule has 0 saturated heterocycles. The van der Waals surface area contributed by atoms with Crippen molar-refractivity contribution in [2.75, 3.05) is 26.2 Å². The van der Waals surface area contributed by atoms with E-state index in [2.05, 4.69) is 5.32 Å².